The van der Waals surface area contributed by atoms with E-state index in [9.17, 15) is 22.5 Å². The van der Waals surface area contributed by atoms with E-state index in [-0.39, 0.29) is 16.5 Å². The topological polar surface area (TPSA) is 84.4 Å². The fourth-order valence-electron chi connectivity index (χ4n) is 3.98. The first kappa shape index (κ1) is 24.8. The minimum atomic E-state index is -4.60. The molecule has 3 aromatic rings. The van der Waals surface area contributed by atoms with Crippen LogP contribution in [0.1, 0.15) is 16.7 Å². The summed E-state index contributed by atoms with van der Waals surface area (Å²) >= 11 is -1.95. The van der Waals surface area contributed by atoms with Gasteiger partial charge in [-0.25, -0.2) is 4.98 Å². The zero-order valence-corrected chi connectivity index (χ0v) is 20.0. The SMILES string of the molecule is Cc1cccc(C)c1-c1cc(C(F)(F)F)cc(N[S+]([O-])c2cccc(N3CCN(C=O)CC3)n2)n1. The van der Waals surface area contributed by atoms with E-state index in [1.165, 1.54) is 6.07 Å². The van der Waals surface area contributed by atoms with Gasteiger partial charge in [0.2, 0.25) is 6.41 Å². The van der Waals surface area contributed by atoms with Crippen molar-refractivity contribution < 1.29 is 22.5 Å². The van der Waals surface area contributed by atoms with E-state index in [1.807, 2.05) is 11.0 Å². The van der Waals surface area contributed by atoms with Gasteiger partial charge in [0.15, 0.2) is 5.82 Å². The molecule has 0 radical (unpaired) electrons. The second kappa shape index (κ2) is 10.1. The van der Waals surface area contributed by atoms with Gasteiger partial charge in [-0.1, -0.05) is 24.3 Å². The van der Waals surface area contributed by atoms with Crippen LogP contribution in [0, 0.1) is 13.8 Å². The predicted molar refractivity (Wildman–Crippen MR) is 128 cm³/mol. The number of hydrogen-bond donors (Lipinski definition) is 1. The molecule has 1 amide bonds. The number of anilines is 2. The number of carbonyl (C=O) groups excluding carboxylic acids is 1. The second-order valence-corrected chi connectivity index (χ2v) is 9.38. The first-order valence-corrected chi connectivity index (χ1v) is 12.1. The zero-order chi connectivity index (χ0) is 25.2. The lowest BCUT2D eigenvalue weighted by Gasteiger charge is -2.33. The van der Waals surface area contributed by atoms with Crippen LogP contribution < -0.4 is 9.62 Å². The van der Waals surface area contributed by atoms with Gasteiger partial charge >= 0.3 is 6.18 Å². The fourth-order valence-corrected chi connectivity index (χ4v) is 4.76. The number of hydrogen-bond acceptors (Lipinski definition) is 6. The Kier molecular flexibility index (Phi) is 7.18. The summed E-state index contributed by atoms with van der Waals surface area (Å²) in [5.41, 5.74) is 1.42. The zero-order valence-electron chi connectivity index (χ0n) is 19.2. The standard InChI is InChI=1S/C24H24F3N5O2S/c1-16-5-3-6-17(2)23(16)19-13-18(24(25,26)27)14-20(28-19)30-35(34)22-8-4-7-21(29-22)32-11-9-31(15-33)10-12-32/h3-8,13-15H,9-12H2,1-2H3,(H,28,30). The molecule has 4 rings (SSSR count). The number of pyridine rings is 2. The maximum atomic E-state index is 13.7. The first-order chi connectivity index (χ1) is 16.7. The molecule has 184 valence electrons. The minimum Gasteiger partial charge on any atom is -0.587 e. The molecule has 2 aromatic heterocycles. The Bertz CT molecular complexity index is 1200. The third-order valence-corrected chi connectivity index (χ3v) is 6.78. The molecule has 1 fully saturated rings. The number of nitrogens with one attached hydrogen (secondary N) is 1. The maximum Gasteiger partial charge on any atom is 0.416 e. The summed E-state index contributed by atoms with van der Waals surface area (Å²) in [6.07, 6.45) is -3.80. The van der Waals surface area contributed by atoms with Crippen molar-refractivity contribution in [3.8, 4) is 11.3 Å². The first-order valence-electron chi connectivity index (χ1n) is 10.9. The highest BCUT2D eigenvalue weighted by atomic mass is 32.2. The van der Waals surface area contributed by atoms with Gasteiger partial charge in [-0.3, -0.25) is 4.79 Å². The molecule has 7 nitrogen and oxygen atoms in total. The minimum absolute atomic E-state index is 0.143. The third-order valence-electron chi connectivity index (χ3n) is 5.77. The number of rotatable bonds is 6. The van der Waals surface area contributed by atoms with Crippen molar-refractivity contribution in [2.24, 2.45) is 0 Å². The smallest absolute Gasteiger partial charge is 0.416 e. The van der Waals surface area contributed by atoms with E-state index in [2.05, 4.69) is 14.7 Å². The number of halogens is 3. The molecule has 1 aliphatic rings. The summed E-state index contributed by atoms with van der Waals surface area (Å²) in [5, 5.41) is 0.160. The van der Waals surface area contributed by atoms with Crippen LogP contribution in [-0.2, 0) is 22.3 Å². The molecule has 0 bridgehead atoms. The predicted octanol–water partition coefficient (Wildman–Crippen LogP) is 4.19. The monoisotopic (exact) mass is 503 g/mol. The van der Waals surface area contributed by atoms with Crippen molar-refractivity contribution in [2.75, 3.05) is 35.8 Å². The molecule has 11 heteroatoms. The van der Waals surface area contributed by atoms with Crippen LogP contribution in [0.3, 0.4) is 0 Å². The quantitative estimate of drug-likeness (QED) is 0.401. The van der Waals surface area contributed by atoms with Crippen molar-refractivity contribution in [2.45, 2.75) is 25.0 Å². The van der Waals surface area contributed by atoms with Crippen LogP contribution in [-0.4, -0.2) is 52.0 Å². The lowest BCUT2D eigenvalue weighted by atomic mass is 9.98. The number of amides is 1. The van der Waals surface area contributed by atoms with E-state index < -0.39 is 23.1 Å². The Hall–Kier alpha value is -3.31. The van der Waals surface area contributed by atoms with E-state index in [4.69, 9.17) is 0 Å². The molecule has 1 atom stereocenters. The summed E-state index contributed by atoms with van der Waals surface area (Å²) in [4.78, 5) is 23.3. The maximum absolute atomic E-state index is 13.7. The Morgan fingerprint density at radius 3 is 2.29 bits per heavy atom. The summed E-state index contributed by atoms with van der Waals surface area (Å²) in [7, 11) is 0. The largest absolute Gasteiger partial charge is 0.587 e. The molecule has 0 saturated carbocycles. The molecule has 1 aliphatic heterocycles. The number of piperazine rings is 1. The van der Waals surface area contributed by atoms with Crippen LogP contribution in [0.5, 0.6) is 0 Å². The number of nitrogens with zero attached hydrogens (tertiary/aromatic N) is 4. The van der Waals surface area contributed by atoms with Gasteiger partial charge in [-0.2, -0.15) is 22.9 Å². The van der Waals surface area contributed by atoms with Gasteiger partial charge in [0.1, 0.15) is 17.2 Å². The number of aryl methyl sites for hydroxylation is 2. The van der Waals surface area contributed by atoms with E-state index in [1.54, 1.807) is 43.0 Å². The molecular weight excluding hydrogens is 479 g/mol. The summed E-state index contributed by atoms with van der Waals surface area (Å²) < 4.78 is 56.6. The van der Waals surface area contributed by atoms with Gasteiger partial charge < -0.3 is 14.4 Å². The molecule has 35 heavy (non-hydrogen) atoms. The van der Waals surface area contributed by atoms with Crippen LogP contribution in [0.2, 0.25) is 0 Å². The highest BCUT2D eigenvalue weighted by molar-refractivity contribution is 7.92. The van der Waals surface area contributed by atoms with Gasteiger partial charge in [0.25, 0.3) is 5.03 Å². The van der Waals surface area contributed by atoms with Crippen LogP contribution >= 0.6 is 0 Å². The Labute approximate surface area is 204 Å². The van der Waals surface area contributed by atoms with E-state index >= 15 is 0 Å². The van der Waals surface area contributed by atoms with Crippen molar-refractivity contribution in [1.82, 2.24) is 14.9 Å². The highest BCUT2D eigenvalue weighted by Gasteiger charge is 2.33. The van der Waals surface area contributed by atoms with Crippen molar-refractivity contribution in [3.05, 3.63) is 65.2 Å². The molecule has 1 saturated heterocycles. The van der Waals surface area contributed by atoms with Gasteiger partial charge in [0, 0.05) is 37.8 Å². The summed E-state index contributed by atoms with van der Waals surface area (Å²) in [6, 6.07) is 12.3. The molecule has 1 unspecified atom stereocenters. The molecule has 3 heterocycles. The second-order valence-electron chi connectivity index (χ2n) is 8.22. The van der Waals surface area contributed by atoms with Crippen molar-refractivity contribution >= 4 is 29.4 Å². The van der Waals surface area contributed by atoms with Gasteiger partial charge in [0.05, 0.1) is 11.3 Å². The van der Waals surface area contributed by atoms with Gasteiger partial charge in [-0.05, 0) is 43.2 Å². The normalized spacial score (nSPS) is 15.1. The van der Waals surface area contributed by atoms with E-state index in [0.29, 0.717) is 37.6 Å². The van der Waals surface area contributed by atoms with Crippen molar-refractivity contribution in [1.29, 1.82) is 0 Å². The Balaban J connectivity index is 1.62. The number of alkyl halides is 3. The molecule has 1 N–H and O–H groups in total. The third kappa shape index (κ3) is 5.68. The average molecular weight is 504 g/mol. The molecule has 0 spiro atoms. The lowest BCUT2D eigenvalue weighted by Crippen LogP contribution is -2.46. The summed E-state index contributed by atoms with van der Waals surface area (Å²) in [6.45, 7) is 5.85. The molecular formula is C24H24F3N5O2S. The number of carbonyl (C=O) groups is 1. The van der Waals surface area contributed by atoms with E-state index in [0.717, 1.165) is 29.7 Å². The molecule has 1 aromatic carbocycles. The average Bonchev–Trinajstić information content (AvgIpc) is 2.83. The molecule has 0 aliphatic carbocycles. The van der Waals surface area contributed by atoms with Crippen LogP contribution in [0.4, 0.5) is 24.8 Å². The fraction of sp³-hybridized carbons (Fsp3) is 0.292. The Morgan fingerprint density at radius 1 is 1.00 bits per heavy atom. The number of benzene rings is 1. The van der Waals surface area contributed by atoms with Crippen molar-refractivity contribution in [3.63, 3.8) is 0 Å². The Morgan fingerprint density at radius 2 is 1.66 bits per heavy atom. The van der Waals surface area contributed by atoms with Crippen LogP contribution in [0.25, 0.3) is 11.3 Å². The van der Waals surface area contributed by atoms with Gasteiger partial charge in [-0.15, -0.1) is 0 Å². The summed E-state index contributed by atoms with van der Waals surface area (Å²) in [5.74, 6) is 0.416. The number of aromatic nitrogens is 2. The lowest BCUT2D eigenvalue weighted by molar-refractivity contribution is -0.137. The highest BCUT2D eigenvalue weighted by Crippen LogP contribution is 2.35. The van der Waals surface area contributed by atoms with Crippen LogP contribution in [0.15, 0.2) is 53.6 Å².